The van der Waals surface area contributed by atoms with E-state index >= 15 is 0 Å². The minimum atomic E-state index is -0.466. The van der Waals surface area contributed by atoms with Crippen LogP contribution in [0, 0.1) is 5.82 Å². The zero-order valence-electron chi connectivity index (χ0n) is 14.7. The van der Waals surface area contributed by atoms with Crippen molar-refractivity contribution in [2.24, 2.45) is 5.73 Å². The number of aromatic nitrogens is 2. The van der Waals surface area contributed by atoms with Crippen molar-refractivity contribution in [1.82, 2.24) is 14.9 Å². The summed E-state index contributed by atoms with van der Waals surface area (Å²) in [5.74, 6) is 0.132. The Morgan fingerprint density at radius 1 is 1.19 bits per heavy atom. The van der Waals surface area contributed by atoms with Crippen molar-refractivity contribution in [3.63, 3.8) is 0 Å². The maximum absolute atomic E-state index is 13.1. The van der Waals surface area contributed by atoms with Gasteiger partial charge in [-0.1, -0.05) is 18.2 Å². The Kier molecular flexibility index (Phi) is 3.65. The third-order valence-electron chi connectivity index (χ3n) is 5.69. The van der Waals surface area contributed by atoms with Gasteiger partial charge in [0.1, 0.15) is 11.3 Å². The molecule has 6 nitrogen and oxygen atoms in total. The highest BCUT2D eigenvalue weighted by molar-refractivity contribution is 6.04. The molecule has 7 heteroatoms. The average Bonchev–Trinajstić information content (AvgIpc) is 3.35. The monoisotopic (exact) mass is 365 g/mol. The third kappa shape index (κ3) is 2.75. The first-order valence-corrected chi connectivity index (χ1v) is 9.12. The fourth-order valence-electron chi connectivity index (χ4n) is 4.38. The number of halogens is 1. The van der Waals surface area contributed by atoms with Gasteiger partial charge in [-0.15, -0.1) is 0 Å². The van der Waals surface area contributed by atoms with Crippen LogP contribution in [0.15, 0.2) is 42.5 Å². The molecule has 5 rings (SSSR count). The largest absolute Gasteiger partial charge is 0.366 e. The molecule has 2 aliphatic rings. The number of nitrogens with zero attached hydrogens (tertiary/aromatic N) is 3. The molecule has 0 unspecified atom stereocenters. The van der Waals surface area contributed by atoms with Gasteiger partial charge in [-0.25, -0.2) is 9.37 Å². The molecule has 2 saturated heterocycles. The van der Waals surface area contributed by atoms with Gasteiger partial charge in [-0.05, 0) is 36.2 Å². The van der Waals surface area contributed by atoms with Crippen molar-refractivity contribution >= 4 is 22.9 Å². The number of amides is 1. The van der Waals surface area contributed by atoms with Crippen molar-refractivity contribution in [2.75, 3.05) is 18.0 Å². The van der Waals surface area contributed by atoms with Gasteiger partial charge < -0.3 is 15.6 Å². The second-order valence-electron chi connectivity index (χ2n) is 7.38. The van der Waals surface area contributed by atoms with Crippen molar-refractivity contribution < 1.29 is 9.18 Å². The number of fused-ring (bicyclic) bond motifs is 3. The molecule has 1 amide bonds. The number of hydrogen-bond acceptors (Lipinski definition) is 4. The predicted molar refractivity (Wildman–Crippen MR) is 101 cm³/mol. The van der Waals surface area contributed by atoms with E-state index in [4.69, 9.17) is 5.73 Å². The zero-order chi connectivity index (χ0) is 18.5. The standard InChI is InChI=1S/C20H20FN5O/c21-13-6-4-12(5-7-13)9-25-10-15-8-14(25)11-26(15)20-23-17-3-1-2-16(19(22)27)18(17)24-20/h1-7,14-15H,8-11H2,(H2,22,27)(H,23,24)/t14-,15+/m0/s1. The summed E-state index contributed by atoms with van der Waals surface area (Å²) in [5.41, 5.74) is 8.50. The zero-order valence-corrected chi connectivity index (χ0v) is 14.7. The Bertz CT molecular complexity index is 1010. The van der Waals surface area contributed by atoms with E-state index in [0.29, 0.717) is 23.2 Å². The van der Waals surface area contributed by atoms with Crippen molar-refractivity contribution in [2.45, 2.75) is 25.0 Å². The van der Waals surface area contributed by atoms with Gasteiger partial charge in [0.25, 0.3) is 5.91 Å². The number of nitrogens with one attached hydrogen (secondary N) is 1. The molecule has 3 heterocycles. The lowest BCUT2D eigenvalue weighted by atomic mass is 10.2. The minimum Gasteiger partial charge on any atom is -0.366 e. The van der Waals surface area contributed by atoms with Crippen LogP contribution in [0.4, 0.5) is 10.3 Å². The molecule has 0 saturated carbocycles. The number of likely N-dealkylation sites (tertiary alicyclic amines) is 1. The summed E-state index contributed by atoms with van der Waals surface area (Å²) in [4.78, 5) is 24.4. The van der Waals surface area contributed by atoms with Gasteiger partial charge in [0, 0.05) is 31.7 Å². The number of H-pyrrole nitrogens is 1. The third-order valence-corrected chi connectivity index (χ3v) is 5.69. The Morgan fingerprint density at radius 2 is 2.00 bits per heavy atom. The highest BCUT2D eigenvalue weighted by Gasteiger charge is 2.44. The molecule has 0 spiro atoms. The topological polar surface area (TPSA) is 78.2 Å². The summed E-state index contributed by atoms with van der Waals surface area (Å²) in [7, 11) is 0. The fourth-order valence-corrected chi connectivity index (χ4v) is 4.38. The second-order valence-corrected chi connectivity index (χ2v) is 7.38. The number of anilines is 1. The summed E-state index contributed by atoms with van der Waals surface area (Å²) >= 11 is 0. The van der Waals surface area contributed by atoms with E-state index in [2.05, 4.69) is 19.8 Å². The first kappa shape index (κ1) is 16.3. The summed E-state index contributed by atoms with van der Waals surface area (Å²) in [6.07, 6.45) is 1.08. The number of piperazine rings is 1. The number of primary amides is 1. The number of aromatic amines is 1. The van der Waals surface area contributed by atoms with Crippen LogP contribution in [-0.2, 0) is 6.54 Å². The lowest BCUT2D eigenvalue weighted by Crippen LogP contribution is -2.46. The molecule has 3 aromatic rings. The van der Waals surface area contributed by atoms with E-state index in [1.165, 1.54) is 12.1 Å². The van der Waals surface area contributed by atoms with E-state index in [1.54, 1.807) is 6.07 Å². The molecule has 2 fully saturated rings. The van der Waals surface area contributed by atoms with Crippen LogP contribution in [0.5, 0.6) is 0 Å². The van der Waals surface area contributed by atoms with E-state index in [0.717, 1.165) is 43.1 Å². The molecule has 2 aromatic carbocycles. The molecule has 2 bridgehead atoms. The first-order chi connectivity index (χ1) is 13.1. The summed E-state index contributed by atoms with van der Waals surface area (Å²) in [6.45, 7) is 2.67. The van der Waals surface area contributed by atoms with Crippen molar-refractivity contribution in [3.8, 4) is 0 Å². The number of para-hydroxylation sites is 1. The number of rotatable bonds is 4. The first-order valence-electron chi connectivity index (χ1n) is 9.12. The van der Waals surface area contributed by atoms with Gasteiger partial charge in [0.15, 0.2) is 0 Å². The van der Waals surface area contributed by atoms with E-state index in [9.17, 15) is 9.18 Å². The fraction of sp³-hybridized carbons (Fsp3) is 0.300. The van der Waals surface area contributed by atoms with Gasteiger partial charge in [0.2, 0.25) is 5.95 Å². The summed E-state index contributed by atoms with van der Waals surface area (Å²) in [5, 5.41) is 0. The smallest absolute Gasteiger partial charge is 0.250 e. The maximum Gasteiger partial charge on any atom is 0.250 e. The van der Waals surface area contributed by atoms with E-state index in [1.807, 2.05) is 24.3 Å². The lowest BCUT2D eigenvalue weighted by Gasteiger charge is -2.34. The normalized spacial score (nSPS) is 22.0. The number of carbonyl (C=O) groups excluding carboxylic acids is 1. The van der Waals surface area contributed by atoms with Gasteiger partial charge in [-0.3, -0.25) is 9.69 Å². The number of carbonyl (C=O) groups is 1. The average molecular weight is 365 g/mol. The van der Waals surface area contributed by atoms with Crippen molar-refractivity contribution in [3.05, 3.63) is 59.4 Å². The van der Waals surface area contributed by atoms with Crippen molar-refractivity contribution in [1.29, 1.82) is 0 Å². The molecule has 27 heavy (non-hydrogen) atoms. The number of hydrogen-bond donors (Lipinski definition) is 2. The minimum absolute atomic E-state index is 0.201. The van der Waals surface area contributed by atoms with Crippen LogP contribution in [0.2, 0.25) is 0 Å². The lowest BCUT2D eigenvalue weighted by molar-refractivity contribution is 0.100. The number of nitrogens with two attached hydrogens (primary N) is 1. The van der Waals surface area contributed by atoms with E-state index < -0.39 is 5.91 Å². The Hall–Kier alpha value is -2.93. The quantitative estimate of drug-likeness (QED) is 0.743. The van der Waals surface area contributed by atoms with Gasteiger partial charge >= 0.3 is 0 Å². The summed E-state index contributed by atoms with van der Waals surface area (Å²) < 4.78 is 13.1. The molecular weight excluding hydrogens is 345 g/mol. The van der Waals surface area contributed by atoms with E-state index in [-0.39, 0.29) is 5.82 Å². The Balaban J connectivity index is 1.35. The van der Waals surface area contributed by atoms with Crippen LogP contribution < -0.4 is 10.6 Å². The summed E-state index contributed by atoms with van der Waals surface area (Å²) in [6, 6.07) is 13.0. The highest BCUT2D eigenvalue weighted by Crippen LogP contribution is 2.35. The van der Waals surface area contributed by atoms with Gasteiger partial charge in [0.05, 0.1) is 11.1 Å². The Morgan fingerprint density at radius 3 is 2.70 bits per heavy atom. The second kappa shape index (κ2) is 6.06. The Labute approximate surface area is 155 Å². The maximum atomic E-state index is 13.1. The molecule has 2 aliphatic heterocycles. The van der Waals surface area contributed by atoms with Crippen LogP contribution in [-0.4, -0.2) is 45.9 Å². The van der Waals surface area contributed by atoms with Crippen LogP contribution in [0.3, 0.4) is 0 Å². The van der Waals surface area contributed by atoms with Gasteiger partial charge in [-0.2, -0.15) is 0 Å². The van der Waals surface area contributed by atoms with Crippen LogP contribution in [0.25, 0.3) is 11.0 Å². The van der Waals surface area contributed by atoms with Crippen LogP contribution >= 0.6 is 0 Å². The molecule has 3 N–H and O–H groups in total. The number of imidazole rings is 1. The molecule has 0 aliphatic carbocycles. The molecule has 0 radical (unpaired) electrons. The molecule has 2 atom stereocenters. The highest BCUT2D eigenvalue weighted by atomic mass is 19.1. The predicted octanol–water partition coefficient (Wildman–Crippen LogP) is 2.26. The number of benzene rings is 2. The molecular formula is C20H20FN5O. The molecule has 138 valence electrons. The SMILES string of the molecule is NC(=O)c1cccc2[nH]c(N3C[C@@H]4C[C@@H]3CN4Cc3ccc(F)cc3)nc12. The molecule has 1 aromatic heterocycles. The van der Waals surface area contributed by atoms with Crippen LogP contribution in [0.1, 0.15) is 22.3 Å².